The van der Waals surface area contributed by atoms with E-state index in [9.17, 15) is 0 Å². The molecule has 3 rings (SSSR count). The molecule has 1 aliphatic carbocycles. The maximum absolute atomic E-state index is 6.42. The van der Waals surface area contributed by atoms with Crippen molar-refractivity contribution in [2.24, 2.45) is 5.41 Å². The highest BCUT2D eigenvalue weighted by Gasteiger charge is 2.27. The Morgan fingerprint density at radius 1 is 0.676 bits per heavy atom. The molecule has 0 amide bonds. The molecule has 0 aliphatic heterocycles. The van der Waals surface area contributed by atoms with E-state index in [1.165, 1.54) is 16.7 Å². The molecule has 3 nitrogen and oxygen atoms in total. The van der Waals surface area contributed by atoms with Gasteiger partial charge < -0.3 is 9.05 Å². The molecular weight excluding hydrogens is 475 g/mol. The fraction of sp³-hybridized carbons (Fsp3) is 0.515. The van der Waals surface area contributed by atoms with Crippen LogP contribution in [0.2, 0.25) is 0 Å². The van der Waals surface area contributed by atoms with Crippen LogP contribution in [0.15, 0.2) is 72.3 Å². The zero-order chi connectivity index (χ0) is 27.3. The minimum Gasteiger partial charge on any atom is -0.418 e. The van der Waals surface area contributed by atoms with Crippen molar-refractivity contribution in [3.8, 4) is 11.5 Å². The van der Waals surface area contributed by atoms with Crippen LogP contribution in [0.5, 0.6) is 11.5 Å². The molecule has 0 spiro atoms. The van der Waals surface area contributed by atoms with E-state index in [2.05, 4.69) is 105 Å². The zero-order valence-electron chi connectivity index (χ0n) is 24.4. The Morgan fingerprint density at radius 2 is 1.11 bits per heavy atom. The van der Waals surface area contributed by atoms with E-state index in [0.717, 1.165) is 37.2 Å². The second-order valence-electron chi connectivity index (χ2n) is 12.1. The van der Waals surface area contributed by atoms with Gasteiger partial charge in [-0.2, -0.15) is 0 Å². The molecule has 0 bridgehead atoms. The van der Waals surface area contributed by atoms with Gasteiger partial charge in [-0.1, -0.05) is 105 Å². The van der Waals surface area contributed by atoms with Crippen LogP contribution in [0.3, 0.4) is 0 Å². The summed E-state index contributed by atoms with van der Waals surface area (Å²) in [4.78, 5) is 0. The highest BCUT2D eigenvalue weighted by atomic mass is 31.2. The predicted molar refractivity (Wildman–Crippen MR) is 158 cm³/mol. The molecule has 2 aromatic carbocycles. The zero-order valence-corrected chi connectivity index (χ0v) is 25.3. The van der Waals surface area contributed by atoms with Crippen LogP contribution in [0, 0.1) is 5.41 Å². The molecule has 0 heterocycles. The fourth-order valence-electron chi connectivity index (χ4n) is 4.07. The number of hydrogen-bond acceptors (Lipinski definition) is 3. The Hall–Kier alpha value is -2.09. The number of benzene rings is 2. The summed E-state index contributed by atoms with van der Waals surface area (Å²) in [6, 6.07) is 16.7. The van der Waals surface area contributed by atoms with Crippen molar-refractivity contribution in [1.82, 2.24) is 0 Å². The van der Waals surface area contributed by atoms with Crippen LogP contribution in [0.1, 0.15) is 99.1 Å². The monoisotopic (exact) mass is 522 g/mol. The summed E-state index contributed by atoms with van der Waals surface area (Å²) in [5.41, 5.74) is 4.40. The third-order valence-corrected chi connectivity index (χ3v) is 9.51. The molecule has 1 atom stereocenters. The topological polar surface area (TPSA) is 27.7 Å². The second-order valence-corrected chi connectivity index (χ2v) is 13.1. The highest BCUT2D eigenvalue weighted by Crippen LogP contribution is 2.45. The summed E-state index contributed by atoms with van der Waals surface area (Å²) >= 11 is 0. The van der Waals surface area contributed by atoms with Gasteiger partial charge in [-0.3, -0.25) is 4.52 Å². The van der Waals surface area contributed by atoms with Crippen molar-refractivity contribution in [3.63, 3.8) is 0 Å². The Balaban J connectivity index is 1.77. The first-order valence-corrected chi connectivity index (χ1v) is 14.9. The van der Waals surface area contributed by atoms with Gasteiger partial charge in [0.15, 0.2) is 0 Å². The lowest BCUT2D eigenvalue weighted by Gasteiger charge is -2.29. The molecule has 0 aromatic heterocycles. The van der Waals surface area contributed by atoms with E-state index in [-0.39, 0.29) is 22.3 Å². The van der Waals surface area contributed by atoms with Gasteiger partial charge in [-0.15, -0.1) is 0 Å². The number of hydrogen-bond donors (Lipinski definition) is 0. The first-order chi connectivity index (χ1) is 17.4. The molecule has 37 heavy (non-hydrogen) atoms. The maximum Gasteiger partial charge on any atom is 0.463 e. The standard InChI is InChI=1S/C33H47O3P/c1-10-31(4,5)25-13-19-28(20-14-25)34-37(35-29-21-15-26(16-22-29)32(6,7)11-2)36-30-23-17-27(18-24-30)33(8,9)12-3/h13-23,30H,10-12,24H2,1-9H3. The van der Waals surface area contributed by atoms with E-state index in [1.807, 2.05) is 24.3 Å². The lowest BCUT2D eigenvalue weighted by atomic mass is 9.79. The summed E-state index contributed by atoms with van der Waals surface area (Å²) in [7, 11) is -1.65. The molecule has 0 saturated carbocycles. The minimum absolute atomic E-state index is 0.0842. The lowest BCUT2D eigenvalue weighted by molar-refractivity contribution is 0.215. The second kappa shape index (κ2) is 12.2. The van der Waals surface area contributed by atoms with Crippen LogP contribution in [-0.2, 0) is 15.4 Å². The van der Waals surface area contributed by atoms with Gasteiger partial charge in [-0.05, 0) is 82.9 Å². The lowest BCUT2D eigenvalue weighted by Crippen LogP contribution is -2.18. The van der Waals surface area contributed by atoms with Crippen molar-refractivity contribution >= 4 is 8.60 Å². The maximum atomic E-state index is 6.42. The first-order valence-electron chi connectivity index (χ1n) is 13.8. The molecule has 0 saturated heterocycles. The quantitative estimate of drug-likeness (QED) is 0.260. The van der Waals surface area contributed by atoms with Crippen LogP contribution in [-0.4, -0.2) is 6.10 Å². The molecule has 1 unspecified atom stereocenters. The van der Waals surface area contributed by atoms with Crippen molar-refractivity contribution in [2.45, 2.75) is 105 Å². The smallest absolute Gasteiger partial charge is 0.418 e. The summed E-state index contributed by atoms with van der Waals surface area (Å²) in [5.74, 6) is 1.52. The Morgan fingerprint density at radius 3 is 1.46 bits per heavy atom. The SMILES string of the molecule is CCC(C)(C)C1=CCC(OP(Oc2ccc(C(C)(C)CC)cc2)Oc2ccc(C(C)(C)CC)cc2)C=C1. The van der Waals surface area contributed by atoms with Crippen LogP contribution in [0.25, 0.3) is 0 Å². The summed E-state index contributed by atoms with van der Waals surface area (Å²) < 4.78 is 19.1. The number of rotatable bonds is 12. The van der Waals surface area contributed by atoms with Crippen molar-refractivity contribution in [1.29, 1.82) is 0 Å². The molecule has 0 N–H and O–H groups in total. The van der Waals surface area contributed by atoms with Crippen LogP contribution < -0.4 is 9.05 Å². The largest absolute Gasteiger partial charge is 0.463 e. The van der Waals surface area contributed by atoms with Gasteiger partial charge in [0, 0.05) is 0 Å². The average molecular weight is 523 g/mol. The van der Waals surface area contributed by atoms with Crippen molar-refractivity contribution in [3.05, 3.63) is 83.5 Å². The fourth-order valence-corrected chi connectivity index (χ4v) is 5.16. The number of allylic oxidation sites excluding steroid dienone is 2. The summed E-state index contributed by atoms with van der Waals surface area (Å²) in [5, 5.41) is 0. The normalized spacial score (nSPS) is 16.6. The molecular formula is C33H47O3P. The Labute approximate surface area is 227 Å². The average Bonchev–Trinajstić information content (AvgIpc) is 2.89. The molecule has 202 valence electrons. The Bertz CT molecular complexity index is 1000. The first kappa shape index (κ1) is 29.5. The van der Waals surface area contributed by atoms with Gasteiger partial charge in [0.25, 0.3) is 0 Å². The third kappa shape index (κ3) is 7.71. The molecule has 0 fully saturated rings. The minimum atomic E-state index is -1.65. The highest BCUT2D eigenvalue weighted by molar-refractivity contribution is 7.42. The van der Waals surface area contributed by atoms with Crippen molar-refractivity contribution < 1.29 is 13.6 Å². The van der Waals surface area contributed by atoms with Gasteiger partial charge in [-0.25, -0.2) is 0 Å². The van der Waals surface area contributed by atoms with Crippen molar-refractivity contribution in [2.75, 3.05) is 0 Å². The van der Waals surface area contributed by atoms with Gasteiger partial charge in [0.1, 0.15) is 11.5 Å². The molecule has 4 heteroatoms. The Kier molecular flexibility index (Phi) is 9.70. The summed E-state index contributed by atoms with van der Waals surface area (Å²) in [6.07, 6.45) is 10.6. The van der Waals surface area contributed by atoms with E-state index in [4.69, 9.17) is 13.6 Å². The van der Waals surface area contributed by atoms with E-state index in [0.29, 0.717) is 0 Å². The van der Waals surface area contributed by atoms with Crippen LogP contribution in [0.4, 0.5) is 0 Å². The van der Waals surface area contributed by atoms with E-state index in [1.54, 1.807) is 0 Å². The predicted octanol–water partition coefficient (Wildman–Crippen LogP) is 10.5. The van der Waals surface area contributed by atoms with E-state index >= 15 is 0 Å². The molecule has 0 radical (unpaired) electrons. The van der Waals surface area contributed by atoms with Gasteiger partial charge >= 0.3 is 8.60 Å². The third-order valence-electron chi connectivity index (χ3n) is 8.35. The van der Waals surface area contributed by atoms with E-state index < -0.39 is 8.60 Å². The van der Waals surface area contributed by atoms with Crippen LogP contribution >= 0.6 is 8.60 Å². The molecule has 2 aromatic rings. The van der Waals surface area contributed by atoms with Gasteiger partial charge in [0.2, 0.25) is 0 Å². The van der Waals surface area contributed by atoms with Gasteiger partial charge in [0.05, 0.1) is 6.10 Å². The summed E-state index contributed by atoms with van der Waals surface area (Å²) in [6.45, 7) is 20.3. The molecule has 1 aliphatic rings.